The number of para-hydroxylation sites is 1. The van der Waals surface area contributed by atoms with Gasteiger partial charge in [0.1, 0.15) is 12.6 Å². The van der Waals surface area contributed by atoms with Crippen LogP contribution in [-0.4, -0.2) is 43.8 Å². The monoisotopic (exact) mass is 617 g/mol. The van der Waals surface area contributed by atoms with E-state index in [0.717, 1.165) is 16.3 Å². The third-order valence-electron chi connectivity index (χ3n) is 6.99. The molecule has 0 bridgehead atoms. The van der Waals surface area contributed by atoms with E-state index in [2.05, 4.69) is 5.32 Å². The molecule has 0 aliphatic carbocycles. The zero-order chi connectivity index (χ0) is 30.2. The van der Waals surface area contributed by atoms with Gasteiger partial charge in [0.05, 0.1) is 10.6 Å². The van der Waals surface area contributed by atoms with Gasteiger partial charge in [0.25, 0.3) is 10.0 Å². The maximum Gasteiger partial charge on any atom is 0.264 e. The lowest BCUT2D eigenvalue weighted by Crippen LogP contribution is -2.53. The molecular formula is C31H37Cl2N3O4S. The van der Waals surface area contributed by atoms with Crippen LogP contribution in [-0.2, 0) is 32.6 Å². The topological polar surface area (TPSA) is 86.8 Å². The Kier molecular flexibility index (Phi) is 11.6. The summed E-state index contributed by atoms with van der Waals surface area (Å²) in [6, 6.07) is 19.1. The van der Waals surface area contributed by atoms with E-state index in [9.17, 15) is 18.0 Å². The quantitative estimate of drug-likeness (QED) is 0.238. The van der Waals surface area contributed by atoms with Crippen molar-refractivity contribution in [1.82, 2.24) is 10.2 Å². The molecule has 0 fully saturated rings. The molecule has 0 radical (unpaired) electrons. The smallest absolute Gasteiger partial charge is 0.264 e. The Balaban J connectivity index is 2.11. The van der Waals surface area contributed by atoms with Crippen LogP contribution in [0.15, 0.2) is 77.7 Å². The second-order valence-corrected chi connectivity index (χ2v) is 12.5. The molecule has 2 atom stereocenters. The summed E-state index contributed by atoms with van der Waals surface area (Å²) in [5, 5.41) is 3.75. The van der Waals surface area contributed by atoms with Crippen LogP contribution in [0.5, 0.6) is 0 Å². The fourth-order valence-corrected chi connectivity index (χ4v) is 6.42. The van der Waals surface area contributed by atoms with E-state index < -0.39 is 28.5 Å². The fraction of sp³-hybridized carbons (Fsp3) is 0.355. The third kappa shape index (κ3) is 8.03. The van der Waals surface area contributed by atoms with Crippen molar-refractivity contribution in [3.05, 3.63) is 94.0 Å². The van der Waals surface area contributed by atoms with Gasteiger partial charge >= 0.3 is 0 Å². The molecule has 1 N–H and O–H groups in total. The molecule has 0 unspecified atom stereocenters. The van der Waals surface area contributed by atoms with Gasteiger partial charge in [0.2, 0.25) is 11.8 Å². The predicted octanol–water partition coefficient (Wildman–Crippen LogP) is 6.47. The largest absolute Gasteiger partial charge is 0.352 e. The highest BCUT2D eigenvalue weighted by Crippen LogP contribution is 2.29. The van der Waals surface area contributed by atoms with Gasteiger partial charge < -0.3 is 10.2 Å². The first-order chi connectivity index (χ1) is 19.5. The molecule has 3 aromatic rings. The van der Waals surface area contributed by atoms with Crippen LogP contribution in [0.25, 0.3) is 0 Å². The summed E-state index contributed by atoms with van der Waals surface area (Å²) in [7, 11) is -4.14. The molecule has 7 nitrogen and oxygen atoms in total. The minimum absolute atomic E-state index is 0.00405. The van der Waals surface area contributed by atoms with Crippen molar-refractivity contribution in [1.29, 1.82) is 0 Å². The van der Waals surface area contributed by atoms with Crippen LogP contribution in [0.3, 0.4) is 0 Å². The van der Waals surface area contributed by atoms with E-state index in [4.69, 9.17) is 23.2 Å². The Morgan fingerprint density at radius 3 is 2.15 bits per heavy atom. The maximum atomic E-state index is 14.2. The number of aryl methyl sites for hydroxylation is 1. The molecule has 3 rings (SSSR count). The van der Waals surface area contributed by atoms with Crippen molar-refractivity contribution in [2.24, 2.45) is 0 Å². The summed E-state index contributed by atoms with van der Waals surface area (Å²) in [4.78, 5) is 29.1. The Labute approximate surface area is 253 Å². The number of carbonyl (C=O) groups is 2. The number of halogens is 2. The summed E-state index contributed by atoms with van der Waals surface area (Å²) in [6.07, 6.45) is 1.59. The van der Waals surface area contributed by atoms with Crippen LogP contribution in [0.4, 0.5) is 5.69 Å². The second kappa shape index (κ2) is 14.7. The molecule has 41 heavy (non-hydrogen) atoms. The number of sulfonamides is 1. The number of rotatable bonds is 13. The first-order valence-electron chi connectivity index (χ1n) is 13.7. The molecule has 0 saturated carbocycles. The van der Waals surface area contributed by atoms with Gasteiger partial charge in [0.15, 0.2) is 0 Å². The zero-order valence-corrected chi connectivity index (χ0v) is 26.1. The Bertz CT molecular complexity index is 1450. The first-order valence-corrected chi connectivity index (χ1v) is 15.9. The molecular weight excluding hydrogens is 581 g/mol. The van der Waals surface area contributed by atoms with Crippen molar-refractivity contribution in [2.45, 2.75) is 70.5 Å². The van der Waals surface area contributed by atoms with Gasteiger partial charge in [-0.15, -0.1) is 0 Å². The molecule has 0 aliphatic heterocycles. The van der Waals surface area contributed by atoms with Crippen molar-refractivity contribution in [2.75, 3.05) is 10.8 Å². The van der Waals surface area contributed by atoms with E-state index >= 15 is 0 Å². The number of amides is 2. The van der Waals surface area contributed by atoms with E-state index in [1.54, 1.807) is 48.5 Å². The van der Waals surface area contributed by atoms with Gasteiger partial charge in [0, 0.05) is 22.6 Å². The molecule has 0 saturated heterocycles. The van der Waals surface area contributed by atoms with Crippen molar-refractivity contribution < 1.29 is 18.0 Å². The average molecular weight is 619 g/mol. The lowest BCUT2D eigenvalue weighted by molar-refractivity contribution is -0.140. The molecule has 0 aliphatic rings. The Morgan fingerprint density at radius 2 is 1.54 bits per heavy atom. The zero-order valence-electron chi connectivity index (χ0n) is 23.8. The standard InChI is InChI=1S/C31H37Cl2N3O4S/c1-5-22(4)34-31(38)28(7-3)35(20-24-17-18-25(32)19-27(24)33)30(37)21-36(29-16-12-11-13-23(29)6-2)41(39,40)26-14-9-8-10-15-26/h8-19,22,28H,5-7,20-21H2,1-4H3,(H,34,38)/t22-,28-/m0/s1. The highest BCUT2D eigenvalue weighted by Gasteiger charge is 2.34. The van der Waals surface area contributed by atoms with Gasteiger partial charge in [-0.05, 0) is 67.6 Å². The maximum absolute atomic E-state index is 14.2. The molecule has 3 aromatic carbocycles. The fourth-order valence-electron chi connectivity index (χ4n) is 4.48. The third-order valence-corrected chi connectivity index (χ3v) is 9.35. The van der Waals surface area contributed by atoms with Crippen LogP contribution in [0.2, 0.25) is 10.0 Å². The van der Waals surface area contributed by atoms with Gasteiger partial charge in [-0.25, -0.2) is 8.42 Å². The normalized spacial score (nSPS) is 12.8. The predicted molar refractivity (Wildman–Crippen MR) is 166 cm³/mol. The lowest BCUT2D eigenvalue weighted by Gasteiger charge is -2.34. The minimum Gasteiger partial charge on any atom is -0.352 e. The van der Waals surface area contributed by atoms with Crippen LogP contribution >= 0.6 is 23.2 Å². The van der Waals surface area contributed by atoms with E-state index in [0.29, 0.717) is 34.1 Å². The van der Waals surface area contributed by atoms with Crippen molar-refractivity contribution in [3.8, 4) is 0 Å². The van der Waals surface area contributed by atoms with Crippen LogP contribution < -0.4 is 9.62 Å². The lowest BCUT2D eigenvalue weighted by atomic mass is 10.1. The minimum atomic E-state index is -4.14. The van der Waals surface area contributed by atoms with Crippen molar-refractivity contribution >= 4 is 50.7 Å². The van der Waals surface area contributed by atoms with Crippen LogP contribution in [0, 0.1) is 0 Å². The molecule has 0 heterocycles. The average Bonchev–Trinajstić information content (AvgIpc) is 2.97. The van der Waals surface area contributed by atoms with Crippen molar-refractivity contribution in [3.63, 3.8) is 0 Å². The number of hydrogen-bond donors (Lipinski definition) is 1. The SMILES string of the molecule is CCc1ccccc1N(CC(=O)N(Cc1ccc(Cl)cc1Cl)[C@@H](CC)C(=O)N[C@@H](C)CC)S(=O)(=O)c1ccccc1. The highest BCUT2D eigenvalue weighted by atomic mass is 35.5. The highest BCUT2D eigenvalue weighted by molar-refractivity contribution is 7.92. The molecule has 10 heteroatoms. The van der Waals surface area contributed by atoms with Gasteiger partial charge in [-0.3, -0.25) is 13.9 Å². The summed E-state index contributed by atoms with van der Waals surface area (Å²) in [6.45, 7) is 7.08. The number of nitrogens with one attached hydrogen (secondary N) is 1. The number of carbonyl (C=O) groups excluding carboxylic acids is 2. The molecule has 0 spiro atoms. The number of benzene rings is 3. The second-order valence-electron chi connectivity index (χ2n) is 9.81. The molecule has 0 aromatic heterocycles. The first kappa shape index (κ1) is 32.4. The summed E-state index contributed by atoms with van der Waals surface area (Å²) < 4.78 is 29.2. The summed E-state index contributed by atoms with van der Waals surface area (Å²) in [5.41, 5.74) is 1.77. The number of nitrogens with zero attached hydrogens (tertiary/aromatic N) is 2. The Hall–Kier alpha value is -3.07. The molecule has 2 amide bonds. The van der Waals surface area contributed by atoms with Crippen LogP contribution in [0.1, 0.15) is 51.7 Å². The van der Waals surface area contributed by atoms with Gasteiger partial charge in [-0.2, -0.15) is 0 Å². The summed E-state index contributed by atoms with van der Waals surface area (Å²) in [5.74, 6) is -0.848. The van der Waals surface area contributed by atoms with E-state index in [1.165, 1.54) is 17.0 Å². The number of hydrogen-bond acceptors (Lipinski definition) is 4. The van der Waals surface area contributed by atoms with E-state index in [-0.39, 0.29) is 23.4 Å². The summed E-state index contributed by atoms with van der Waals surface area (Å²) >= 11 is 12.6. The Morgan fingerprint density at radius 1 is 0.878 bits per heavy atom. The van der Waals surface area contributed by atoms with Gasteiger partial charge in [-0.1, -0.05) is 86.4 Å². The van der Waals surface area contributed by atoms with E-state index in [1.807, 2.05) is 39.8 Å². The molecule has 220 valence electrons. The number of anilines is 1.